The van der Waals surface area contributed by atoms with E-state index in [4.69, 9.17) is 4.42 Å². The van der Waals surface area contributed by atoms with Crippen molar-refractivity contribution in [3.05, 3.63) is 38.3 Å². The van der Waals surface area contributed by atoms with E-state index in [2.05, 4.69) is 23.9 Å². The predicted octanol–water partition coefficient (Wildman–Crippen LogP) is 3.94. The zero-order valence-corrected chi connectivity index (χ0v) is 16.0. The average Bonchev–Trinajstić information content (AvgIpc) is 3.36. The van der Waals surface area contributed by atoms with Crippen molar-refractivity contribution in [3.63, 3.8) is 0 Å². The molecule has 28 heavy (non-hydrogen) atoms. The number of rotatable bonds is 3. The van der Waals surface area contributed by atoms with Gasteiger partial charge in [0.15, 0.2) is 11.2 Å². The summed E-state index contributed by atoms with van der Waals surface area (Å²) in [4.78, 5) is 28.1. The largest absolute Gasteiger partial charge is 0.502 e. The van der Waals surface area contributed by atoms with Crippen LogP contribution in [0.2, 0.25) is 0 Å². The van der Waals surface area contributed by atoms with E-state index in [1.807, 2.05) is 4.68 Å². The molecule has 0 aliphatic heterocycles. The van der Waals surface area contributed by atoms with Gasteiger partial charge in [-0.05, 0) is 37.3 Å². The van der Waals surface area contributed by atoms with Crippen LogP contribution in [0.3, 0.4) is 0 Å². The number of aromatic amines is 2. The summed E-state index contributed by atoms with van der Waals surface area (Å²) in [7, 11) is 0. The Labute approximate surface area is 159 Å². The molecule has 7 heteroatoms. The molecule has 0 saturated heterocycles. The van der Waals surface area contributed by atoms with Crippen molar-refractivity contribution < 1.29 is 9.52 Å². The fraction of sp³-hybridized carbons (Fsp3) is 0.429. The van der Waals surface area contributed by atoms with E-state index in [9.17, 15) is 14.7 Å². The molecule has 1 fully saturated rings. The summed E-state index contributed by atoms with van der Waals surface area (Å²) >= 11 is 0. The molecule has 3 aromatic heterocycles. The van der Waals surface area contributed by atoms with Crippen molar-refractivity contribution in [2.24, 2.45) is 5.92 Å². The second kappa shape index (κ2) is 6.02. The first-order chi connectivity index (χ1) is 13.5. The molecular formula is C21H23N3O4. The maximum Gasteiger partial charge on any atom is 0.274 e. The molecule has 0 spiro atoms. The highest BCUT2D eigenvalue weighted by molar-refractivity contribution is 6.09. The van der Waals surface area contributed by atoms with Crippen molar-refractivity contribution in [1.82, 2.24) is 14.8 Å². The van der Waals surface area contributed by atoms with Gasteiger partial charge in [-0.1, -0.05) is 26.7 Å². The van der Waals surface area contributed by atoms with Crippen molar-refractivity contribution in [2.45, 2.75) is 52.0 Å². The standard InChI is InChI=1S/C21H23N3O4/c1-10(2)9-13-15-20(24(23-21(15)27)11-5-3-4-6-11)22-16-12-7-8-14(25)17(26)19(12)28-18(13)16/h7-8,10-11,22,26H,3-6,9H2,1-2H3,(H,23,27). The van der Waals surface area contributed by atoms with Crippen LogP contribution >= 0.6 is 0 Å². The van der Waals surface area contributed by atoms with E-state index < -0.39 is 11.2 Å². The summed E-state index contributed by atoms with van der Waals surface area (Å²) in [6.07, 6.45) is 5.05. The molecule has 146 valence electrons. The van der Waals surface area contributed by atoms with Gasteiger partial charge in [0.25, 0.3) is 5.56 Å². The van der Waals surface area contributed by atoms with Crippen LogP contribution in [0, 0.1) is 5.92 Å². The summed E-state index contributed by atoms with van der Waals surface area (Å²) in [5, 5.41) is 14.5. The fourth-order valence-electron chi connectivity index (χ4n) is 4.59. The first-order valence-electron chi connectivity index (χ1n) is 9.89. The minimum absolute atomic E-state index is 0.134. The third-order valence-electron chi connectivity index (χ3n) is 5.84. The highest BCUT2D eigenvalue weighted by atomic mass is 16.4. The molecular weight excluding hydrogens is 358 g/mol. The van der Waals surface area contributed by atoms with Gasteiger partial charge in [0.2, 0.25) is 11.2 Å². The molecule has 5 rings (SSSR count). The van der Waals surface area contributed by atoms with E-state index in [1.165, 1.54) is 6.07 Å². The topological polar surface area (TPSA) is 104 Å². The second-order valence-electron chi connectivity index (χ2n) is 8.27. The van der Waals surface area contributed by atoms with Gasteiger partial charge in [0, 0.05) is 10.9 Å². The van der Waals surface area contributed by atoms with Crippen LogP contribution < -0.4 is 11.0 Å². The molecule has 0 bridgehead atoms. The number of aromatic hydroxyl groups is 1. The summed E-state index contributed by atoms with van der Waals surface area (Å²) in [6, 6.07) is 3.27. The minimum atomic E-state index is -0.477. The molecule has 3 heterocycles. The predicted molar refractivity (Wildman–Crippen MR) is 108 cm³/mol. The van der Waals surface area contributed by atoms with Gasteiger partial charge in [0.05, 0.1) is 16.9 Å². The van der Waals surface area contributed by atoms with Crippen LogP contribution in [0.25, 0.3) is 33.1 Å². The number of fused-ring (bicyclic) bond motifs is 4. The molecule has 0 unspecified atom stereocenters. The van der Waals surface area contributed by atoms with Gasteiger partial charge in [0.1, 0.15) is 5.65 Å². The minimum Gasteiger partial charge on any atom is -0.502 e. The maximum atomic E-state index is 12.9. The van der Waals surface area contributed by atoms with Crippen LogP contribution in [-0.4, -0.2) is 19.9 Å². The smallest absolute Gasteiger partial charge is 0.274 e. The first-order valence-corrected chi connectivity index (χ1v) is 9.89. The molecule has 1 saturated carbocycles. The molecule has 0 radical (unpaired) electrons. The number of aromatic nitrogens is 3. The van der Waals surface area contributed by atoms with Crippen molar-refractivity contribution >= 4 is 33.1 Å². The van der Waals surface area contributed by atoms with Gasteiger partial charge >= 0.3 is 0 Å². The Hall–Kier alpha value is -2.96. The molecule has 4 aromatic rings. The van der Waals surface area contributed by atoms with Gasteiger partial charge in [-0.3, -0.25) is 19.4 Å². The van der Waals surface area contributed by atoms with Crippen LogP contribution in [0.5, 0.6) is 5.75 Å². The van der Waals surface area contributed by atoms with Crippen molar-refractivity contribution in [1.29, 1.82) is 0 Å². The van der Waals surface area contributed by atoms with E-state index in [-0.39, 0.29) is 17.2 Å². The van der Waals surface area contributed by atoms with Crippen LogP contribution in [-0.2, 0) is 6.42 Å². The number of furan rings is 1. The van der Waals surface area contributed by atoms with Gasteiger partial charge < -0.3 is 14.5 Å². The quantitative estimate of drug-likeness (QED) is 0.500. The number of phenols is 1. The average molecular weight is 381 g/mol. The number of benzene rings is 1. The Morgan fingerprint density at radius 2 is 1.96 bits per heavy atom. The van der Waals surface area contributed by atoms with Gasteiger partial charge in [-0.15, -0.1) is 0 Å². The van der Waals surface area contributed by atoms with Gasteiger partial charge in [-0.25, -0.2) is 0 Å². The lowest BCUT2D eigenvalue weighted by atomic mass is 10.00. The monoisotopic (exact) mass is 381 g/mol. The molecule has 1 aliphatic carbocycles. The number of hydrogen-bond donors (Lipinski definition) is 3. The highest BCUT2D eigenvalue weighted by Gasteiger charge is 2.26. The number of nitrogens with zero attached hydrogens (tertiary/aromatic N) is 1. The SMILES string of the molecule is CC(C)Cc1c2oc3c(O)c(=O)ccc3c2[nH]c2c1c(=O)[nH]n2C1CCCC1. The lowest BCUT2D eigenvalue weighted by Gasteiger charge is -2.13. The number of H-pyrrole nitrogens is 2. The Bertz CT molecular complexity index is 1330. The normalized spacial score (nSPS) is 15.7. The molecule has 0 amide bonds. The van der Waals surface area contributed by atoms with E-state index in [1.54, 1.807) is 6.07 Å². The molecule has 0 atom stereocenters. The van der Waals surface area contributed by atoms with Crippen LogP contribution in [0.1, 0.15) is 51.1 Å². The third-order valence-corrected chi connectivity index (χ3v) is 5.84. The van der Waals surface area contributed by atoms with E-state index >= 15 is 0 Å². The third kappa shape index (κ3) is 2.35. The number of nitrogens with one attached hydrogen (secondary N) is 2. The second-order valence-corrected chi connectivity index (χ2v) is 8.27. The van der Waals surface area contributed by atoms with E-state index in [0.717, 1.165) is 36.9 Å². The molecule has 1 aliphatic rings. The Kier molecular flexibility index (Phi) is 3.69. The fourth-order valence-corrected chi connectivity index (χ4v) is 4.59. The van der Waals surface area contributed by atoms with Crippen LogP contribution in [0.15, 0.2) is 26.1 Å². The van der Waals surface area contributed by atoms with Gasteiger partial charge in [-0.2, -0.15) is 0 Å². The first kappa shape index (κ1) is 17.2. The molecule has 7 nitrogen and oxygen atoms in total. The number of pyridine rings is 1. The summed E-state index contributed by atoms with van der Waals surface area (Å²) in [5.74, 6) is -0.0882. The Morgan fingerprint density at radius 3 is 2.68 bits per heavy atom. The molecule has 3 N–H and O–H groups in total. The molecule has 1 aromatic carbocycles. The summed E-state index contributed by atoms with van der Waals surface area (Å²) < 4.78 is 7.92. The lowest BCUT2D eigenvalue weighted by Crippen LogP contribution is -2.10. The maximum absolute atomic E-state index is 12.9. The lowest BCUT2D eigenvalue weighted by molar-refractivity contribution is 0.463. The van der Waals surface area contributed by atoms with E-state index in [0.29, 0.717) is 34.2 Å². The van der Waals surface area contributed by atoms with Crippen molar-refractivity contribution in [3.8, 4) is 5.75 Å². The zero-order chi connectivity index (χ0) is 19.6. The van der Waals surface area contributed by atoms with Crippen molar-refractivity contribution in [2.75, 3.05) is 0 Å². The summed E-state index contributed by atoms with van der Waals surface area (Å²) in [6.45, 7) is 4.18. The highest BCUT2D eigenvalue weighted by Crippen LogP contribution is 2.37. The Balaban J connectivity index is 1.94. The number of phenolic OH excluding ortho intramolecular Hbond substituents is 1. The summed E-state index contributed by atoms with van der Waals surface area (Å²) in [5.41, 5.74) is 2.37. The Morgan fingerprint density at radius 1 is 1.21 bits per heavy atom. The zero-order valence-electron chi connectivity index (χ0n) is 16.0. The number of hydrogen-bond acceptors (Lipinski definition) is 4. The van der Waals surface area contributed by atoms with Crippen LogP contribution in [0.4, 0.5) is 0 Å².